The van der Waals surface area contributed by atoms with E-state index in [0.717, 1.165) is 39.9 Å². The minimum atomic E-state index is -0.515. The van der Waals surface area contributed by atoms with Crippen molar-refractivity contribution in [2.45, 2.75) is 25.3 Å². The minimum Gasteiger partial charge on any atom is -0.494 e. The summed E-state index contributed by atoms with van der Waals surface area (Å²) >= 11 is 6.28. The Hall–Kier alpha value is -3.55. The molecule has 0 aliphatic carbocycles. The van der Waals surface area contributed by atoms with Gasteiger partial charge in [0.15, 0.2) is 0 Å². The number of aromatic amines is 1. The van der Waals surface area contributed by atoms with Crippen molar-refractivity contribution in [3.63, 3.8) is 0 Å². The summed E-state index contributed by atoms with van der Waals surface area (Å²) < 4.78 is 24.7. The Kier molecular flexibility index (Phi) is 7.11. The van der Waals surface area contributed by atoms with Gasteiger partial charge in [-0.3, -0.25) is 4.90 Å². The van der Waals surface area contributed by atoms with Crippen molar-refractivity contribution in [1.29, 1.82) is 0 Å². The smallest absolute Gasteiger partial charge is 0.416 e. The van der Waals surface area contributed by atoms with Gasteiger partial charge in [0, 0.05) is 34.8 Å². The fourth-order valence-corrected chi connectivity index (χ4v) is 4.79. The van der Waals surface area contributed by atoms with Crippen LogP contribution in [0.1, 0.15) is 35.7 Å². The molecular weight excluding hydrogens is 483 g/mol. The number of rotatable bonds is 7. The van der Waals surface area contributed by atoms with Crippen molar-refractivity contribution in [3.8, 4) is 11.5 Å². The monoisotopic (exact) mass is 508 g/mol. The van der Waals surface area contributed by atoms with Crippen LogP contribution in [0.4, 0.5) is 9.18 Å². The first-order valence-corrected chi connectivity index (χ1v) is 12.3. The fraction of sp³-hybridized carbons (Fsp3) is 0.250. The molecule has 1 atom stereocenters. The lowest BCUT2D eigenvalue weighted by Crippen LogP contribution is -2.42. The molecule has 1 unspecified atom stereocenters. The van der Waals surface area contributed by atoms with Gasteiger partial charge in [-0.1, -0.05) is 23.7 Å². The molecule has 1 aliphatic rings. The lowest BCUT2D eigenvalue weighted by atomic mass is 9.92. The number of aliphatic hydroxyl groups excluding tert-OH is 1. The minimum absolute atomic E-state index is 0.145. The van der Waals surface area contributed by atoms with Gasteiger partial charge in [0.2, 0.25) is 0 Å². The molecule has 8 heteroatoms. The summed E-state index contributed by atoms with van der Waals surface area (Å²) in [6.45, 7) is 1.11. The molecule has 0 radical (unpaired) electrons. The maximum atomic E-state index is 13.3. The van der Waals surface area contributed by atoms with Crippen molar-refractivity contribution in [2.24, 2.45) is 0 Å². The second kappa shape index (κ2) is 10.6. The van der Waals surface area contributed by atoms with Crippen molar-refractivity contribution < 1.29 is 23.8 Å². The molecule has 1 aromatic heterocycles. The van der Waals surface area contributed by atoms with E-state index < -0.39 is 18.0 Å². The number of H-pyrrole nitrogens is 1. The predicted octanol–water partition coefficient (Wildman–Crippen LogP) is 6.26. The summed E-state index contributed by atoms with van der Waals surface area (Å²) in [5, 5.41) is 10.6. The average molecular weight is 509 g/mol. The summed E-state index contributed by atoms with van der Waals surface area (Å²) in [7, 11) is 0. The Morgan fingerprint density at radius 2 is 1.81 bits per heavy atom. The number of ether oxygens (including phenoxy) is 2. The van der Waals surface area contributed by atoms with Gasteiger partial charge in [0.05, 0.1) is 6.61 Å². The molecule has 0 saturated heterocycles. The van der Waals surface area contributed by atoms with Crippen LogP contribution in [0.2, 0.25) is 5.02 Å². The number of carbonyl (C=O) groups excluding carboxylic acids is 1. The highest BCUT2D eigenvalue weighted by Crippen LogP contribution is 2.40. The number of hydrogen-bond donors (Lipinski definition) is 2. The van der Waals surface area contributed by atoms with Gasteiger partial charge < -0.3 is 19.6 Å². The Morgan fingerprint density at radius 3 is 2.56 bits per heavy atom. The standard InChI is InChI=1S/C28H26ClFN2O4/c29-19-5-12-25-24(17-19)23-13-14-32(28(34)36-22-10-6-20(30)7-11-22)27(26(23)31-25)18-3-8-21(9-4-18)35-16-2-1-15-33/h3-12,17,27,31,33H,1-2,13-16H2. The summed E-state index contributed by atoms with van der Waals surface area (Å²) in [5.41, 5.74) is 3.87. The molecule has 3 aromatic carbocycles. The third-order valence-electron chi connectivity index (χ3n) is 6.36. The van der Waals surface area contributed by atoms with Gasteiger partial charge in [0.25, 0.3) is 0 Å². The third kappa shape index (κ3) is 5.03. The highest BCUT2D eigenvalue weighted by Gasteiger charge is 2.35. The van der Waals surface area contributed by atoms with E-state index in [1.807, 2.05) is 42.5 Å². The molecule has 5 rings (SSSR count). The number of carbonyl (C=O) groups is 1. The van der Waals surface area contributed by atoms with Crippen molar-refractivity contribution in [3.05, 3.63) is 94.4 Å². The molecule has 1 aliphatic heterocycles. The lowest BCUT2D eigenvalue weighted by Gasteiger charge is -2.35. The molecule has 36 heavy (non-hydrogen) atoms. The Labute approximate surface area is 213 Å². The summed E-state index contributed by atoms with van der Waals surface area (Å²) in [6, 6.07) is 18.3. The molecule has 1 amide bonds. The zero-order valence-electron chi connectivity index (χ0n) is 19.5. The highest BCUT2D eigenvalue weighted by atomic mass is 35.5. The molecule has 2 N–H and O–H groups in total. The van der Waals surface area contributed by atoms with Crippen molar-refractivity contribution in [2.75, 3.05) is 19.8 Å². The van der Waals surface area contributed by atoms with Gasteiger partial charge in [-0.2, -0.15) is 0 Å². The lowest BCUT2D eigenvalue weighted by molar-refractivity contribution is 0.135. The Bertz CT molecular complexity index is 1350. The molecule has 6 nitrogen and oxygen atoms in total. The van der Waals surface area contributed by atoms with E-state index in [1.165, 1.54) is 24.3 Å². The van der Waals surface area contributed by atoms with Crippen LogP contribution in [0.3, 0.4) is 0 Å². The summed E-state index contributed by atoms with van der Waals surface area (Å²) in [6.07, 6.45) is 1.58. The molecule has 186 valence electrons. The molecule has 2 heterocycles. The van der Waals surface area contributed by atoms with Crippen LogP contribution in [0.25, 0.3) is 10.9 Å². The molecule has 4 aromatic rings. The van der Waals surface area contributed by atoms with Gasteiger partial charge in [0.1, 0.15) is 23.4 Å². The van der Waals surface area contributed by atoms with Crippen LogP contribution in [0.5, 0.6) is 11.5 Å². The maximum absolute atomic E-state index is 13.3. The van der Waals surface area contributed by atoms with Crippen LogP contribution >= 0.6 is 11.6 Å². The number of aliphatic hydroxyl groups is 1. The fourth-order valence-electron chi connectivity index (χ4n) is 4.62. The van der Waals surface area contributed by atoms with E-state index in [-0.39, 0.29) is 12.4 Å². The molecule has 0 bridgehead atoms. The molecular formula is C28H26ClFN2O4. The van der Waals surface area contributed by atoms with Crippen LogP contribution in [0.15, 0.2) is 66.7 Å². The van der Waals surface area contributed by atoms with E-state index in [0.29, 0.717) is 31.0 Å². The second-order valence-corrected chi connectivity index (χ2v) is 9.16. The van der Waals surface area contributed by atoms with Crippen LogP contribution in [-0.4, -0.2) is 40.8 Å². The first-order chi connectivity index (χ1) is 17.5. The number of unbranched alkanes of at least 4 members (excludes halogenated alkanes) is 1. The third-order valence-corrected chi connectivity index (χ3v) is 6.59. The van der Waals surface area contributed by atoms with Crippen LogP contribution in [0, 0.1) is 5.82 Å². The van der Waals surface area contributed by atoms with Gasteiger partial charge in [-0.15, -0.1) is 0 Å². The van der Waals surface area contributed by atoms with Gasteiger partial charge in [-0.05, 0) is 85.0 Å². The number of benzene rings is 3. The number of nitrogens with one attached hydrogen (secondary N) is 1. The van der Waals surface area contributed by atoms with Crippen molar-refractivity contribution >= 4 is 28.6 Å². The van der Waals surface area contributed by atoms with Gasteiger partial charge in [-0.25, -0.2) is 9.18 Å². The van der Waals surface area contributed by atoms with E-state index in [1.54, 1.807) is 4.90 Å². The Morgan fingerprint density at radius 1 is 1.06 bits per heavy atom. The molecule has 0 saturated carbocycles. The van der Waals surface area contributed by atoms with E-state index in [4.69, 9.17) is 26.2 Å². The first-order valence-electron chi connectivity index (χ1n) is 11.9. The zero-order valence-corrected chi connectivity index (χ0v) is 20.3. The number of aromatic nitrogens is 1. The summed E-state index contributed by atoms with van der Waals surface area (Å²) in [5.74, 6) is 0.600. The zero-order chi connectivity index (χ0) is 25.1. The van der Waals surface area contributed by atoms with E-state index in [2.05, 4.69) is 4.98 Å². The molecule has 0 fully saturated rings. The quantitative estimate of drug-likeness (QED) is 0.289. The average Bonchev–Trinajstić information content (AvgIpc) is 3.25. The van der Waals surface area contributed by atoms with Crippen LogP contribution in [-0.2, 0) is 6.42 Å². The topological polar surface area (TPSA) is 74.8 Å². The van der Waals surface area contributed by atoms with E-state index >= 15 is 0 Å². The van der Waals surface area contributed by atoms with E-state index in [9.17, 15) is 9.18 Å². The van der Waals surface area contributed by atoms with Crippen molar-refractivity contribution in [1.82, 2.24) is 9.88 Å². The normalized spacial score (nSPS) is 15.1. The maximum Gasteiger partial charge on any atom is 0.416 e. The number of halogens is 2. The number of amides is 1. The van der Waals surface area contributed by atoms with Crippen LogP contribution < -0.4 is 9.47 Å². The largest absolute Gasteiger partial charge is 0.494 e. The number of nitrogens with zero attached hydrogens (tertiary/aromatic N) is 1. The Balaban J connectivity index is 1.47. The summed E-state index contributed by atoms with van der Waals surface area (Å²) in [4.78, 5) is 18.5. The second-order valence-electron chi connectivity index (χ2n) is 8.72. The SMILES string of the molecule is O=C(Oc1ccc(F)cc1)N1CCc2c([nH]c3ccc(Cl)cc23)C1c1ccc(OCCCCO)cc1. The number of hydrogen-bond acceptors (Lipinski definition) is 4. The first kappa shape index (κ1) is 24.2. The van der Waals surface area contributed by atoms with Gasteiger partial charge >= 0.3 is 6.09 Å². The highest BCUT2D eigenvalue weighted by molar-refractivity contribution is 6.31. The number of fused-ring (bicyclic) bond motifs is 3. The molecule has 0 spiro atoms. The predicted molar refractivity (Wildman–Crippen MR) is 136 cm³/mol.